The SMILES string of the molecule is N=C1/C(=N\Nc2ccccc2F)C(N)=NN1c1ccc(F)cc1. The molecule has 0 bridgehead atoms. The van der Waals surface area contributed by atoms with Crippen LogP contribution in [0.2, 0.25) is 0 Å². The van der Waals surface area contributed by atoms with Gasteiger partial charge in [0.25, 0.3) is 0 Å². The number of rotatable bonds is 3. The minimum Gasteiger partial charge on any atom is -0.380 e. The van der Waals surface area contributed by atoms with E-state index in [1.54, 1.807) is 12.1 Å². The van der Waals surface area contributed by atoms with E-state index in [4.69, 9.17) is 11.1 Å². The van der Waals surface area contributed by atoms with Crippen molar-refractivity contribution in [1.82, 2.24) is 0 Å². The summed E-state index contributed by atoms with van der Waals surface area (Å²) in [5, 5.41) is 17.2. The Bertz CT molecular complexity index is 813. The van der Waals surface area contributed by atoms with Gasteiger partial charge in [-0.1, -0.05) is 12.1 Å². The number of halogens is 2. The summed E-state index contributed by atoms with van der Waals surface area (Å²) in [7, 11) is 0. The molecule has 0 amide bonds. The summed E-state index contributed by atoms with van der Waals surface area (Å²) in [6.45, 7) is 0. The maximum atomic E-state index is 13.5. The topological polar surface area (TPSA) is 89.9 Å². The lowest BCUT2D eigenvalue weighted by Crippen LogP contribution is -2.30. The molecule has 0 spiro atoms. The van der Waals surface area contributed by atoms with Gasteiger partial charge in [-0.25, -0.2) is 13.8 Å². The fraction of sp³-hybridized carbons (Fsp3) is 0. The van der Waals surface area contributed by atoms with Crippen molar-refractivity contribution in [1.29, 1.82) is 5.41 Å². The molecule has 0 aliphatic carbocycles. The van der Waals surface area contributed by atoms with Crippen molar-refractivity contribution in [3.63, 3.8) is 0 Å². The molecule has 0 saturated heterocycles. The quantitative estimate of drug-likeness (QED) is 0.760. The zero-order valence-corrected chi connectivity index (χ0v) is 11.8. The Balaban J connectivity index is 1.84. The Hall–Kier alpha value is -3.29. The summed E-state index contributed by atoms with van der Waals surface area (Å²) in [5.74, 6) is -0.972. The van der Waals surface area contributed by atoms with Gasteiger partial charge in [-0.05, 0) is 36.4 Å². The van der Waals surface area contributed by atoms with Crippen LogP contribution in [0.25, 0.3) is 0 Å². The molecule has 116 valence electrons. The number of amidine groups is 2. The second kappa shape index (κ2) is 5.84. The van der Waals surface area contributed by atoms with Gasteiger partial charge in [-0.15, -0.1) is 5.10 Å². The van der Waals surface area contributed by atoms with Crippen LogP contribution < -0.4 is 16.2 Å². The molecule has 1 aliphatic rings. The first-order chi connectivity index (χ1) is 11.1. The number of nitrogens with two attached hydrogens (primary N) is 1. The fourth-order valence-corrected chi connectivity index (χ4v) is 1.97. The Morgan fingerprint density at radius 1 is 1.09 bits per heavy atom. The predicted molar refractivity (Wildman–Crippen MR) is 85.7 cm³/mol. The highest BCUT2D eigenvalue weighted by Gasteiger charge is 2.28. The van der Waals surface area contributed by atoms with Crippen molar-refractivity contribution in [3.05, 3.63) is 60.2 Å². The lowest BCUT2D eigenvalue weighted by Gasteiger charge is -2.13. The third-order valence-electron chi connectivity index (χ3n) is 3.12. The Kier molecular flexibility index (Phi) is 3.71. The molecule has 0 radical (unpaired) electrons. The Labute approximate surface area is 130 Å². The van der Waals surface area contributed by atoms with Gasteiger partial charge in [0.05, 0.1) is 11.4 Å². The van der Waals surface area contributed by atoms with Gasteiger partial charge in [0.2, 0.25) is 0 Å². The molecule has 3 rings (SSSR count). The summed E-state index contributed by atoms with van der Waals surface area (Å²) in [6.07, 6.45) is 0. The van der Waals surface area contributed by atoms with Crippen LogP contribution in [0.3, 0.4) is 0 Å². The van der Waals surface area contributed by atoms with E-state index >= 15 is 0 Å². The molecule has 1 heterocycles. The normalized spacial score (nSPS) is 15.9. The summed E-state index contributed by atoms with van der Waals surface area (Å²) < 4.78 is 26.5. The molecule has 0 aromatic heterocycles. The monoisotopic (exact) mass is 314 g/mol. The van der Waals surface area contributed by atoms with Crippen LogP contribution in [0.1, 0.15) is 0 Å². The molecule has 8 heteroatoms. The van der Waals surface area contributed by atoms with Gasteiger partial charge in [0, 0.05) is 0 Å². The Morgan fingerprint density at radius 3 is 2.48 bits per heavy atom. The maximum absolute atomic E-state index is 13.5. The van der Waals surface area contributed by atoms with E-state index in [-0.39, 0.29) is 23.1 Å². The molecule has 2 aromatic carbocycles. The van der Waals surface area contributed by atoms with Crippen molar-refractivity contribution in [3.8, 4) is 0 Å². The average molecular weight is 314 g/mol. The highest BCUT2D eigenvalue weighted by Crippen LogP contribution is 2.20. The lowest BCUT2D eigenvalue weighted by atomic mass is 10.2. The van der Waals surface area contributed by atoms with Gasteiger partial charge >= 0.3 is 0 Å². The third kappa shape index (κ3) is 2.86. The molecule has 0 saturated carbocycles. The molecule has 0 unspecified atom stereocenters. The molecule has 2 aromatic rings. The fourth-order valence-electron chi connectivity index (χ4n) is 1.97. The number of anilines is 2. The van der Waals surface area contributed by atoms with Crippen LogP contribution in [-0.4, -0.2) is 17.4 Å². The van der Waals surface area contributed by atoms with E-state index in [1.165, 1.54) is 41.4 Å². The minimum atomic E-state index is -0.479. The summed E-state index contributed by atoms with van der Waals surface area (Å²) in [5.41, 5.74) is 8.97. The van der Waals surface area contributed by atoms with Crippen LogP contribution in [0.15, 0.2) is 58.7 Å². The number of para-hydroxylation sites is 1. The maximum Gasteiger partial charge on any atom is 0.178 e. The molecule has 0 fully saturated rings. The largest absolute Gasteiger partial charge is 0.380 e. The highest BCUT2D eigenvalue weighted by atomic mass is 19.1. The second-order valence-corrected chi connectivity index (χ2v) is 4.67. The average Bonchev–Trinajstić information content (AvgIpc) is 2.82. The molecule has 6 nitrogen and oxygen atoms in total. The van der Waals surface area contributed by atoms with Crippen LogP contribution in [0, 0.1) is 17.0 Å². The van der Waals surface area contributed by atoms with Crippen molar-refractivity contribution in [2.45, 2.75) is 0 Å². The van der Waals surface area contributed by atoms with E-state index in [2.05, 4.69) is 15.6 Å². The summed E-state index contributed by atoms with van der Waals surface area (Å²) >= 11 is 0. The Morgan fingerprint density at radius 2 is 1.78 bits per heavy atom. The van der Waals surface area contributed by atoms with Crippen molar-refractivity contribution in [2.75, 3.05) is 10.4 Å². The summed E-state index contributed by atoms with van der Waals surface area (Å²) in [4.78, 5) is 0. The first-order valence-electron chi connectivity index (χ1n) is 6.63. The smallest absolute Gasteiger partial charge is 0.178 e. The van der Waals surface area contributed by atoms with Crippen LogP contribution in [0.5, 0.6) is 0 Å². The number of benzene rings is 2. The van der Waals surface area contributed by atoms with Crippen LogP contribution in [0.4, 0.5) is 20.2 Å². The van der Waals surface area contributed by atoms with Crippen molar-refractivity contribution in [2.24, 2.45) is 15.9 Å². The van der Waals surface area contributed by atoms with Gasteiger partial charge in [0.15, 0.2) is 17.4 Å². The van der Waals surface area contributed by atoms with Gasteiger partial charge in [-0.3, -0.25) is 10.8 Å². The zero-order chi connectivity index (χ0) is 16.4. The first-order valence-corrected chi connectivity index (χ1v) is 6.63. The van der Waals surface area contributed by atoms with Gasteiger partial charge in [0.1, 0.15) is 11.6 Å². The number of nitrogens with zero attached hydrogens (tertiary/aromatic N) is 3. The molecule has 1 aliphatic heterocycles. The first kappa shape index (κ1) is 14.6. The number of hydrazone groups is 2. The van der Waals surface area contributed by atoms with Crippen LogP contribution >= 0.6 is 0 Å². The number of nitrogens with one attached hydrogen (secondary N) is 2. The van der Waals surface area contributed by atoms with Gasteiger partial charge < -0.3 is 5.73 Å². The minimum absolute atomic E-state index is 0.00293. The molecule has 0 atom stereocenters. The van der Waals surface area contributed by atoms with Crippen molar-refractivity contribution < 1.29 is 8.78 Å². The lowest BCUT2D eigenvalue weighted by molar-refractivity contribution is 0.628. The molecule has 4 N–H and O–H groups in total. The van der Waals surface area contributed by atoms with E-state index < -0.39 is 11.6 Å². The molecule has 23 heavy (non-hydrogen) atoms. The molecular weight excluding hydrogens is 302 g/mol. The third-order valence-corrected chi connectivity index (χ3v) is 3.12. The molecular formula is C15H12F2N6. The van der Waals surface area contributed by atoms with E-state index in [9.17, 15) is 8.78 Å². The second-order valence-electron chi connectivity index (χ2n) is 4.67. The van der Waals surface area contributed by atoms with Crippen LogP contribution in [-0.2, 0) is 0 Å². The van der Waals surface area contributed by atoms with E-state index in [1.807, 2.05) is 0 Å². The summed E-state index contributed by atoms with van der Waals surface area (Å²) in [6, 6.07) is 11.4. The van der Waals surface area contributed by atoms with E-state index in [0.29, 0.717) is 5.69 Å². The zero-order valence-electron chi connectivity index (χ0n) is 11.8. The van der Waals surface area contributed by atoms with E-state index in [0.717, 1.165) is 0 Å². The predicted octanol–water partition coefficient (Wildman–Crippen LogP) is 2.50. The highest BCUT2D eigenvalue weighted by molar-refractivity contribution is 6.71. The number of hydrogen-bond acceptors (Lipinski definition) is 5. The standard InChI is InChI=1S/C15H12F2N6/c16-9-5-7-10(8-6-9)23-15(19)13(14(18)22-23)21-20-12-4-2-1-3-11(12)17/h1-8,19-20H,(H2,18,22)/b19-15?,21-13-. The van der Waals surface area contributed by atoms with Gasteiger partial charge in [-0.2, -0.15) is 5.10 Å². The van der Waals surface area contributed by atoms with Crippen molar-refractivity contribution >= 4 is 28.8 Å². The number of hydrogen-bond donors (Lipinski definition) is 3.